The van der Waals surface area contributed by atoms with E-state index in [1.54, 1.807) is 21.3 Å². The number of rotatable bonds is 6. The van der Waals surface area contributed by atoms with Gasteiger partial charge in [0.1, 0.15) is 6.04 Å². The van der Waals surface area contributed by atoms with Crippen LogP contribution in [0, 0.1) is 5.92 Å². The topological polar surface area (TPSA) is 71.0 Å². The Kier molecular flexibility index (Phi) is 4.90. The van der Waals surface area contributed by atoms with Crippen molar-refractivity contribution in [1.29, 1.82) is 0 Å². The molecule has 0 aliphatic carbocycles. The number of likely N-dealkylation sites (N-methyl/N-ethyl adjacent to an activating group) is 1. The molecule has 21 heavy (non-hydrogen) atoms. The van der Waals surface area contributed by atoms with Crippen molar-refractivity contribution in [3.63, 3.8) is 0 Å². The summed E-state index contributed by atoms with van der Waals surface area (Å²) in [6.45, 7) is 1.55. The van der Waals surface area contributed by atoms with Crippen molar-refractivity contribution in [3.05, 3.63) is 18.2 Å². The summed E-state index contributed by atoms with van der Waals surface area (Å²) in [5.74, 6) is 0.676. The predicted molar refractivity (Wildman–Crippen MR) is 80.3 cm³/mol. The third-order valence-corrected chi connectivity index (χ3v) is 4.01. The summed E-state index contributed by atoms with van der Waals surface area (Å²) < 4.78 is 10.5. The molecule has 6 nitrogen and oxygen atoms in total. The lowest BCUT2D eigenvalue weighted by Gasteiger charge is -2.22. The van der Waals surface area contributed by atoms with Crippen molar-refractivity contribution in [1.82, 2.24) is 5.32 Å². The Morgan fingerprint density at radius 2 is 2.10 bits per heavy atom. The van der Waals surface area contributed by atoms with E-state index in [9.17, 15) is 9.90 Å². The van der Waals surface area contributed by atoms with E-state index in [2.05, 4.69) is 10.2 Å². The van der Waals surface area contributed by atoms with Crippen molar-refractivity contribution in [2.75, 3.05) is 39.3 Å². The van der Waals surface area contributed by atoms with Crippen LogP contribution in [0.25, 0.3) is 0 Å². The third-order valence-electron chi connectivity index (χ3n) is 4.01. The molecule has 0 spiro atoms. The van der Waals surface area contributed by atoms with Crippen LogP contribution in [0.2, 0.25) is 0 Å². The molecular formula is C15H22N2O4. The number of aliphatic carboxylic acids is 1. The Bertz CT molecular complexity index is 506. The van der Waals surface area contributed by atoms with Crippen LogP contribution in [0.1, 0.15) is 6.42 Å². The highest BCUT2D eigenvalue weighted by Crippen LogP contribution is 2.34. The first-order chi connectivity index (χ1) is 10.1. The van der Waals surface area contributed by atoms with E-state index < -0.39 is 12.0 Å². The van der Waals surface area contributed by atoms with Gasteiger partial charge in [-0.1, -0.05) is 0 Å². The number of hydrogen-bond donors (Lipinski definition) is 2. The number of hydrogen-bond acceptors (Lipinski definition) is 5. The summed E-state index contributed by atoms with van der Waals surface area (Å²) in [5.41, 5.74) is 1.02. The first-order valence-corrected chi connectivity index (χ1v) is 6.97. The monoisotopic (exact) mass is 294 g/mol. The number of carbonyl (C=O) groups is 1. The quantitative estimate of drug-likeness (QED) is 0.821. The molecule has 1 aromatic rings. The number of benzene rings is 1. The predicted octanol–water partition coefficient (Wildman–Crippen LogP) is 1.20. The van der Waals surface area contributed by atoms with E-state index >= 15 is 0 Å². The van der Waals surface area contributed by atoms with Gasteiger partial charge in [-0.3, -0.25) is 4.79 Å². The normalized spacial score (nSPS) is 19.4. The SMILES string of the molecule is CNC(C(=O)O)C1CCN(c2ccc(OC)c(OC)c2)C1. The molecule has 6 heteroatoms. The van der Waals surface area contributed by atoms with Crippen molar-refractivity contribution in [2.45, 2.75) is 12.5 Å². The molecule has 0 saturated carbocycles. The van der Waals surface area contributed by atoms with E-state index in [1.807, 2.05) is 18.2 Å². The lowest BCUT2D eigenvalue weighted by atomic mass is 9.99. The highest BCUT2D eigenvalue weighted by molar-refractivity contribution is 5.74. The molecule has 2 atom stereocenters. The van der Waals surface area contributed by atoms with Crippen LogP contribution in [0.3, 0.4) is 0 Å². The molecule has 2 N–H and O–H groups in total. The molecule has 1 aromatic carbocycles. The maximum Gasteiger partial charge on any atom is 0.321 e. The second-order valence-corrected chi connectivity index (χ2v) is 5.14. The molecule has 0 radical (unpaired) electrons. The van der Waals surface area contributed by atoms with Crippen LogP contribution in [-0.4, -0.2) is 51.5 Å². The largest absolute Gasteiger partial charge is 0.493 e. The smallest absolute Gasteiger partial charge is 0.321 e. The lowest BCUT2D eigenvalue weighted by Crippen LogP contribution is -2.41. The number of ether oxygens (including phenoxy) is 2. The zero-order valence-electron chi connectivity index (χ0n) is 12.6. The summed E-state index contributed by atoms with van der Waals surface area (Å²) in [4.78, 5) is 13.4. The Morgan fingerprint density at radius 1 is 1.38 bits per heavy atom. The van der Waals surface area contributed by atoms with E-state index in [1.165, 1.54) is 0 Å². The molecule has 0 bridgehead atoms. The number of anilines is 1. The summed E-state index contributed by atoms with van der Waals surface area (Å²) >= 11 is 0. The highest BCUT2D eigenvalue weighted by Gasteiger charge is 2.33. The van der Waals surface area contributed by atoms with Gasteiger partial charge in [0.15, 0.2) is 11.5 Å². The number of carboxylic acids is 1. The minimum atomic E-state index is -0.795. The summed E-state index contributed by atoms with van der Waals surface area (Å²) in [5, 5.41) is 12.1. The van der Waals surface area contributed by atoms with Crippen molar-refractivity contribution < 1.29 is 19.4 Å². The maximum absolute atomic E-state index is 11.2. The zero-order valence-corrected chi connectivity index (χ0v) is 12.6. The fourth-order valence-corrected chi connectivity index (χ4v) is 2.88. The van der Waals surface area contributed by atoms with E-state index in [4.69, 9.17) is 9.47 Å². The molecule has 1 heterocycles. The van der Waals surface area contributed by atoms with Crippen LogP contribution >= 0.6 is 0 Å². The molecule has 0 aromatic heterocycles. The summed E-state index contributed by atoms with van der Waals surface area (Å²) in [6, 6.07) is 5.26. The first kappa shape index (κ1) is 15.4. The minimum Gasteiger partial charge on any atom is -0.493 e. The van der Waals surface area contributed by atoms with Crippen LogP contribution in [0.4, 0.5) is 5.69 Å². The fraction of sp³-hybridized carbons (Fsp3) is 0.533. The van der Waals surface area contributed by atoms with Crippen LogP contribution in [0.5, 0.6) is 11.5 Å². The van der Waals surface area contributed by atoms with E-state index in [-0.39, 0.29) is 5.92 Å². The Labute approximate surface area is 124 Å². The lowest BCUT2D eigenvalue weighted by molar-refractivity contribution is -0.140. The average molecular weight is 294 g/mol. The first-order valence-electron chi connectivity index (χ1n) is 6.97. The molecular weight excluding hydrogens is 272 g/mol. The third kappa shape index (κ3) is 3.21. The van der Waals surface area contributed by atoms with Crippen molar-refractivity contribution in [2.24, 2.45) is 5.92 Å². The van der Waals surface area contributed by atoms with Gasteiger partial charge < -0.3 is 24.8 Å². The second-order valence-electron chi connectivity index (χ2n) is 5.14. The van der Waals surface area contributed by atoms with Gasteiger partial charge in [-0.05, 0) is 25.6 Å². The van der Waals surface area contributed by atoms with Crippen LogP contribution in [0.15, 0.2) is 18.2 Å². The molecule has 1 aliphatic rings. The summed E-state index contributed by atoms with van der Waals surface area (Å²) in [6.07, 6.45) is 0.853. The molecule has 2 rings (SSSR count). The average Bonchev–Trinajstić information content (AvgIpc) is 2.96. The van der Waals surface area contributed by atoms with Gasteiger partial charge in [0.2, 0.25) is 0 Å². The Balaban J connectivity index is 2.12. The maximum atomic E-state index is 11.2. The van der Waals surface area contributed by atoms with Crippen LogP contribution in [-0.2, 0) is 4.79 Å². The van der Waals surface area contributed by atoms with Gasteiger partial charge in [0.25, 0.3) is 0 Å². The van der Waals surface area contributed by atoms with Crippen molar-refractivity contribution >= 4 is 11.7 Å². The van der Waals surface area contributed by atoms with Gasteiger partial charge in [-0.2, -0.15) is 0 Å². The molecule has 1 saturated heterocycles. The van der Waals surface area contributed by atoms with E-state index in [0.29, 0.717) is 18.0 Å². The zero-order chi connectivity index (χ0) is 15.4. The van der Waals surface area contributed by atoms with Gasteiger partial charge in [0.05, 0.1) is 14.2 Å². The number of methoxy groups -OCH3 is 2. The minimum absolute atomic E-state index is 0.0978. The number of nitrogens with one attached hydrogen (secondary N) is 1. The molecule has 116 valence electrons. The Morgan fingerprint density at radius 3 is 2.67 bits per heavy atom. The van der Waals surface area contributed by atoms with Crippen molar-refractivity contribution in [3.8, 4) is 11.5 Å². The molecule has 2 unspecified atom stereocenters. The standard InChI is InChI=1S/C15H22N2O4/c1-16-14(15(18)19)10-6-7-17(9-10)11-4-5-12(20-2)13(8-11)21-3/h4-5,8,10,14,16H,6-7,9H2,1-3H3,(H,18,19). The van der Waals surface area contributed by atoms with Gasteiger partial charge >= 0.3 is 5.97 Å². The Hall–Kier alpha value is -1.95. The van der Waals surface area contributed by atoms with Gasteiger partial charge in [0, 0.05) is 30.8 Å². The van der Waals surface area contributed by atoms with Crippen LogP contribution < -0.4 is 19.7 Å². The van der Waals surface area contributed by atoms with Gasteiger partial charge in [-0.15, -0.1) is 0 Å². The summed E-state index contributed by atoms with van der Waals surface area (Å²) in [7, 11) is 4.90. The molecule has 1 fully saturated rings. The fourth-order valence-electron chi connectivity index (χ4n) is 2.88. The van der Waals surface area contributed by atoms with Gasteiger partial charge in [-0.25, -0.2) is 0 Å². The second kappa shape index (κ2) is 6.67. The molecule has 1 aliphatic heterocycles. The highest BCUT2D eigenvalue weighted by atomic mass is 16.5. The number of nitrogens with zero attached hydrogens (tertiary/aromatic N) is 1. The van der Waals surface area contributed by atoms with E-state index in [0.717, 1.165) is 18.7 Å². The number of carboxylic acid groups (broad SMARTS) is 1. The molecule has 0 amide bonds.